The number of fused-ring (bicyclic) bond motifs is 1. The van der Waals surface area contributed by atoms with Gasteiger partial charge in [-0.05, 0) is 59.4 Å². The first-order chi connectivity index (χ1) is 20.6. The third-order valence-corrected chi connectivity index (χ3v) is 8.30. The quantitative estimate of drug-likeness (QED) is 0.196. The number of tetrazole rings is 1. The van der Waals surface area contributed by atoms with E-state index in [1.54, 1.807) is 0 Å². The molecule has 0 radical (unpaired) electrons. The summed E-state index contributed by atoms with van der Waals surface area (Å²) >= 11 is 0. The lowest BCUT2D eigenvalue weighted by molar-refractivity contribution is -0.126. The largest absolute Gasteiger partial charge is 0.326 e. The van der Waals surface area contributed by atoms with Gasteiger partial charge in [-0.3, -0.25) is 4.79 Å². The van der Waals surface area contributed by atoms with Gasteiger partial charge in [0.15, 0.2) is 0 Å². The van der Waals surface area contributed by atoms with E-state index in [2.05, 4.69) is 67.8 Å². The van der Waals surface area contributed by atoms with Gasteiger partial charge in [0.2, 0.25) is 11.7 Å². The van der Waals surface area contributed by atoms with E-state index in [-0.39, 0.29) is 17.7 Å². The number of aryl methyl sites for hydroxylation is 1. The van der Waals surface area contributed by atoms with Gasteiger partial charge in [-0.2, -0.15) is 5.21 Å². The van der Waals surface area contributed by atoms with E-state index in [0.717, 1.165) is 90.5 Å². The first-order valence-corrected chi connectivity index (χ1v) is 14.8. The molecular weight excluding hydrogens is 526 g/mol. The molecule has 1 aliphatic carbocycles. The van der Waals surface area contributed by atoms with Gasteiger partial charge in [-0.25, -0.2) is 4.98 Å². The molecule has 1 amide bonds. The van der Waals surface area contributed by atoms with Crippen LogP contribution in [-0.2, 0) is 22.6 Å². The number of aldehydes is 1. The average molecular weight is 562 g/mol. The van der Waals surface area contributed by atoms with Crippen LogP contribution in [-0.4, -0.2) is 42.4 Å². The van der Waals surface area contributed by atoms with Crippen LogP contribution in [0.3, 0.4) is 0 Å². The summed E-state index contributed by atoms with van der Waals surface area (Å²) in [4.78, 5) is 29.6. The monoisotopic (exact) mass is 561 g/mol. The first kappa shape index (κ1) is 27.5. The van der Waals surface area contributed by atoms with Crippen molar-refractivity contribution in [3.05, 3.63) is 78.1 Å². The Bertz CT molecular complexity index is 1670. The van der Waals surface area contributed by atoms with Gasteiger partial charge >= 0.3 is 0 Å². The van der Waals surface area contributed by atoms with Crippen molar-refractivity contribution >= 4 is 28.9 Å². The van der Waals surface area contributed by atoms with Gasteiger partial charge in [0, 0.05) is 36.1 Å². The summed E-state index contributed by atoms with van der Waals surface area (Å²) in [5.41, 5.74) is 6.84. The second-order valence-electron chi connectivity index (χ2n) is 11.1. The third-order valence-electron chi connectivity index (χ3n) is 8.30. The molecule has 0 unspecified atom stereocenters. The Balaban J connectivity index is 1.25. The Morgan fingerprint density at radius 1 is 1.05 bits per heavy atom. The minimum absolute atomic E-state index is 0.0715. The zero-order valence-corrected chi connectivity index (χ0v) is 23.8. The molecule has 9 heteroatoms. The number of carbonyl (C=O) groups excluding carboxylic acids is 2. The predicted octanol–water partition coefficient (Wildman–Crippen LogP) is 6.22. The molecule has 1 saturated carbocycles. The van der Waals surface area contributed by atoms with E-state index in [4.69, 9.17) is 4.98 Å². The number of hydrogen-bond acceptors (Lipinski definition) is 6. The van der Waals surface area contributed by atoms with Crippen LogP contribution in [0.1, 0.15) is 56.8 Å². The summed E-state index contributed by atoms with van der Waals surface area (Å²) in [5.74, 6) is 1.08. The lowest BCUT2D eigenvalue weighted by Gasteiger charge is -2.26. The van der Waals surface area contributed by atoms with E-state index in [9.17, 15) is 9.59 Å². The molecule has 0 bridgehead atoms. The van der Waals surface area contributed by atoms with Crippen molar-refractivity contribution in [2.24, 2.45) is 11.8 Å². The molecule has 0 saturated heterocycles. The van der Waals surface area contributed by atoms with Crippen LogP contribution in [0.15, 0.2) is 66.7 Å². The molecule has 214 valence electrons. The molecule has 0 spiro atoms. The summed E-state index contributed by atoms with van der Waals surface area (Å²) in [6.07, 6.45) is 7.50. The Morgan fingerprint density at radius 2 is 1.86 bits per heavy atom. The highest BCUT2D eigenvalue weighted by Gasteiger charge is 2.30. The molecule has 2 aromatic heterocycles. The maximum absolute atomic E-state index is 13.0. The van der Waals surface area contributed by atoms with Crippen LogP contribution in [0.5, 0.6) is 0 Å². The number of H-pyrrole nitrogens is 1. The van der Waals surface area contributed by atoms with Crippen molar-refractivity contribution in [2.75, 3.05) is 5.32 Å². The van der Waals surface area contributed by atoms with Gasteiger partial charge < -0.3 is 14.7 Å². The Morgan fingerprint density at radius 3 is 2.62 bits per heavy atom. The molecule has 2 heterocycles. The minimum atomic E-state index is -0.258. The fourth-order valence-corrected chi connectivity index (χ4v) is 6.02. The van der Waals surface area contributed by atoms with Gasteiger partial charge in [0.25, 0.3) is 0 Å². The highest BCUT2D eigenvalue weighted by molar-refractivity contribution is 5.96. The summed E-state index contributed by atoms with van der Waals surface area (Å²) in [6.45, 7) is 2.88. The molecule has 2 atom stereocenters. The average Bonchev–Trinajstić information content (AvgIpc) is 3.69. The number of imidazole rings is 1. The SMILES string of the molecule is CCCCc1nc2cc(NC(=O)[C@@H]3CCCC[C@@H]3C=O)ccc2n1Cc1ccc(-c2ccccc2-c2nn[nH]n2)cc1. The topological polar surface area (TPSA) is 118 Å². The summed E-state index contributed by atoms with van der Waals surface area (Å²) < 4.78 is 2.28. The number of rotatable bonds is 10. The van der Waals surface area contributed by atoms with Crippen LogP contribution < -0.4 is 5.32 Å². The second kappa shape index (κ2) is 12.5. The third kappa shape index (κ3) is 5.72. The number of unbranched alkanes of at least 4 members (excludes halogenated alkanes) is 1. The lowest BCUT2D eigenvalue weighted by Crippen LogP contribution is -2.32. The van der Waals surface area contributed by atoms with E-state index in [1.165, 1.54) is 5.56 Å². The highest BCUT2D eigenvalue weighted by atomic mass is 16.2. The number of aromatic amines is 1. The Kier molecular flexibility index (Phi) is 8.16. The maximum Gasteiger partial charge on any atom is 0.228 e. The lowest BCUT2D eigenvalue weighted by atomic mass is 9.79. The van der Waals surface area contributed by atoms with Crippen LogP contribution in [0, 0.1) is 11.8 Å². The molecule has 42 heavy (non-hydrogen) atoms. The van der Waals surface area contributed by atoms with Gasteiger partial charge in [0.05, 0.1) is 11.0 Å². The van der Waals surface area contributed by atoms with Crippen molar-refractivity contribution < 1.29 is 9.59 Å². The molecule has 2 N–H and O–H groups in total. The molecule has 0 aliphatic heterocycles. The summed E-state index contributed by atoms with van der Waals surface area (Å²) in [6, 6.07) is 22.6. The Hall–Kier alpha value is -4.66. The number of benzene rings is 3. The van der Waals surface area contributed by atoms with Crippen LogP contribution in [0.25, 0.3) is 33.5 Å². The number of nitrogens with one attached hydrogen (secondary N) is 2. The van der Waals surface area contributed by atoms with Gasteiger partial charge in [-0.15, -0.1) is 10.2 Å². The van der Waals surface area contributed by atoms with Crippen molar-refractivity contribution in [1.29, 1.82) is 0 Å². The molecule has 6 rings (SSSR count). The maximum atomic E-state index is 13.0. The number of amides is 1. The standard InChI is InChI=1S/C33H35N7O2/c1-2-3-12-31-35-29-19-25(34-33(42)27-10-5-4-8-24(27)21-41)17-18-30(29)40(31)20-22-13-15-23(16-14-22)26-9-6-7-11-28(26)32-36-38-39-37-32/h6-7,9,11,13-19,21,24,27H,2-5,8,10,12,20H2,1H3,(H,34,42)(H,36,37,38,39)/t24-,27-/m1/s1. The van der Waals surface area contributed by atoms with Crippen LogP contribution in [0.2, 0.25) is 0 Å². The summed E-state index contributed by atoms with van der Waals surface area (Å²) in [7, 11) is 0. The number of hydrogen-bond donors (Lipinski definition) is 2. The summed E-state index contributed by atoms with van der Waals surface area (Å²) in [5, 5.41) is 17.6. The molecule has 1 aliphatic rings. The predicted molar refractivity (Wildman–Crippen MR) is 163 cm³/mol. The van der Waals surface area contributed by atoms with E-state index in [0.29, 0.717) is 12.4 Å². The molecule has 3 aromatic carbocycles. The fraction of sp³-hybridized carbons (Fsp3) is 0.333. The first-order valence-electron chi connectivity index (χ1n) is 14.8. The zero-order valence-electron chi connectivity index (χ0n) is 23.8. The van der Waals surface area contributed by atoms with Crippen molar-refractivity contribution in [3.8, 4) is 22.5 Å². The van der Waals surface area contributed by atoms with Crippen molar-refractivity contribution in [2.45, 2.75) is 58.4 Å². The number of nitrogens with zero attached hydrogens (tertiary/aromatic N) is 5. The van der Waals surface area contributed by atoms with E-state index < -0.39 is 0 Å². The Labute approximate surface area is 244 Å². The molecule has 9 nitrogen and oxygen atoms in total. The number of anilines is 1. The molecule has 1 fully saturated rings. The van der Waals surface area contributed by atoms with E-state index in [1.807, 2.05) is 36.4 Å². The van der Waals surface area contributed by atoms with Gasteiger partial charge in [0.1, 0.15) is 12.1 Å². The van der Waals surface area contributed by atoms with Crippen LogP contribution in [0.4, 0.5) is 5.69 Å². The van der Waals surface area contributed by atoms with Crippen LogP contribution >= 0.6 is 0 Å². The fourth-order valence-electron chi connectivity index (χ4n) is 6.02. The second-order valence-corrected chi connectivity index (χ2v) is 11.1. The normalized spacial score (nSPS) is 16.9. The highest BCUT2D eigenvalue weighted by Crippen LogP contribution is 2.32. The van der Waals surface area contributed by atoms with Gasteiger partial charge in [-0.1, -0.05) is 74.7 Å². The van der Waals surface area contributed by atoms with Crippen molar-refractivity contribution in [1.82, 2.24) is 30.2 Å². The molecule has 5 aromatic rings. The number of aromatic nitrogens is 6. The number of carbonyl (C=O) groups is 2. The van der Waals surface area contributed by atoms with Crippen molar-refractivity contribution in [3.63, 3.8) is 0 Å². The zero-order chi connectivity index (χ0) is 28.9. The van der Waals surface area contributed by atoms with E-state index >= 15 is 0 Å². The minimum Gasteiger partial charge on any atom is -0.326 e. The smallest absolute Gasteiger partial charge is 0.228 e. The molecular formula is C33H35N7O2.